The predicted molar refractivity (Wildman–Crippen MR) is 80.0 cm³/mol. The van der Waals surface area contributed by atoms with Crippen molar-refractivity contribution in [3.05, 3.63) is 53.6 Å². The van der Waals surface area contributed by atoms with Crippen molar-refractivity contribution in [2.24, 2.45) is 0 Å². The van der Waals surface area contributed by atoms with Gasteiger partial charge in [-0.25, -0.2) is 0 Å². The molecule has 5 nitrogen and oxygen atoms in total. The van der Waals surface area contributed by atoms with Crippen LogP contribution in [0.1, 0.15) is 6.92 Å². The number of halogens is 1. The Hall–Kier alpha value is -2.05. The van der Waals surface area contributed by atoms with E-state index in [9.17, 15) is 13.2 Å². The molecular formula is C14H12ClNO4S. The van der Waals surface area contributed by atoms with Crippen molar-refractivity contribution in [3.8, 4) is 5.75 Å². The number of anilines is 1. The molecule has 0 unspecified atom stereocenters. The maximum atomic E-state index is 12.2. The van der Waals surface area contributed by atoms with Gasteiger partial charge in [0.05, 0.1) is 5.69 Å². The second-order valence-corrected chi connectivity index (χ2v) is 6.15. The molecule has 0 aliphatic heterocycles. The first-order valence-electron chi connectivity index (χ1n) is 5.95. The summed E-state index contributed by atoms with van der Waals surface area (Å²) in [5.74, 6) is -0.280. The Kier molecular flexibility index (Phi) is 4.50. The number of amides is 1. The van der Waals surface area contributed by atoms with Crippen LogP contribution in [-0.4, -0.2) is 14.3 Å². The van der Waals surface area contributed by atoms with Gasteiger partial charge in [0.2, 0.25) is 5.91 Å². The molecule has 0 aromatic heterocycles. The molecule has 0 saturated carbocycles. The van der Waals surface area contributed by atoms with Crippen LogP contribution in [0.15, 0.2) is 53.4 Å². The molecule has 7 heteroatoms. The van der Waals surface area contributed by atoms with E-state index in [0.29, 0.717) is 5.02 Å². The van der Waals surface area contributed by atoms with Crippen molar-refractivity contribution in [1.82, 2.24) is 0 Å². The van der Waals surface area contributed by atoms with E-state index in [1.165, 1.54) is 37.3 Å². The Morgan fingerprint density at radius 3 is 2.33 bits per heavy atom. The highest BCUT2D eigenvalue weighted by Crippen LogP contribution is 2.27. The molecule has 2 rings (SSSR count). The van der Waals surface area contributed by atoms with E-state index in [1.807, 2.05) is 0 Å². The summed E-state index contributed by atoms with van der Waals surface area (Å²) < 4.78 is 29.4. The van der Waals surface area contributed by atoms with E-state index < -0.39 is 10.1 Å². The summed E-state index contributed by atoms with van der Waals surface area (Å²) in [5, 5.41) is 2.93. The SMILES string of the molecule is CC(=O)Nc1ccccc1OS(=O)(=O)c1ccc(Cl)cc1. The van der Waals surface area contributed by atoms with Gasteiger partial charge >= 0.3 is 10.1 Å². The summed E-state index contributed by atoms with van der Waals surface area (Å²) in [4.78, 5) is 11.1. The van der Waals surface area contributed by atoms with E-state index in [2.05, 4.69) is 5.32 Å². The van der Waals surface area contributed by atoms with Crippen molar-refractivity contribution in [2.75, 3.05) is 5.32 Å². The van der Waals surface area contributed by atoms with Gasteiger partial charge in [-0.1, -0.05) is 23.7 Å². The summed E-state index contributed by atoms with van der Waals surface area (Å²) in [5.41, 5.74) is 0.280. The van der Waals surface area contributed by atoms with Crippen LogP contribution in [0.4, 0.5) is 5.69 Å². The first-order valence-corrected chi connectivity index (χ1v) is 7.74. The molecule has 1 N–H and O–H groups in total. The Balaban J connectivity index is 2.33. The highest BCUT2D eigenvalue weighted by molar-refractivity contribution is 7.87. The minimum atomic E-state index is -4.00. The van der Waals surface area contributed by atoms with E-state index in [-0.39, 0.29) is 22.2 Å². The molecule has 0 bridgehead atoms. The Morgan fingerprint density at radius 1 is 1.10 bits per heavy atom. The van der Waals surface area contributed by atoms with E-state index in [0.717, 1.165) is 0 Å². The lowest BCUT2D eigenvalue weighted by molar-refractivity contribution is -0.114. The lowest BCUT2D eigenvalue weighted by Gasteiger charge is -2.11. The zero-order chi connectivity index (χ0) is 15.5. The molecule has 0 heterocycles. The average Bonchev–Trinajstić information content (AvgIpc) is 2.40. The monoisotopic (exact) mass is 325 g/mol. The van der Waals surface area contributed by atoms with Gasteiger partial charge in [0, 0.05) is 11.9 Å². The largest absolute Gasteiger partial charge is 0.377 e. The van der Waals surface area contributed by atoms with Crippen LogP contribution >= 0.6 is 11.6 Å². The predicted octanol–water partition coefficient (Wildman–Crippen LogP) is 3.07. The lowest BCUT2D eigenvalue weighted by atomic mass is 10.3. The number of hydrogen-bond acceptors (Lipinski definition) is 4. The number of carbonyl (C=O) groups excluding carboxylic acids is 1. The highest BCUT2D eigenvalue weighted by atomic mass is 35.5. The van der Waals surface area contributed by atoms with Crippen molar-refractivity contribution in [2.45, 2.75) is 11.8 Å². The van der Waals surface area contributed by atoms with Gasteiger partial charge in [0.25, 0.3) is 0 Å². The Labute approximate surface area is 127 Å². The van der Waals surface area contributed by atoms with Crippen molar-refractivity contribution in [3.63, 3.8) is 0 Å². The topological polar surface area (TPSA) is 72.5 Å². The van der Waals surface area contributed by atoms with Crippen LogP contribution in [-0.2, 0) is 14.9 Å². The van der Waals surface area contributed by atoms with Crippen LogP contribution in [0.25, 0.3) is 0 Å². The minimum absolute atomic E-state index is 0.0236. The van der Waals surface area contributed by atoms with Gasteiger partial charge in [-0.2, -0.15) is 8.42 Å². The van der Waals surface area contributed by atoms with Crippen LogP contribution < -0.4 is 9.50 Å². The van der Waals surface area contributed by atoms with Crippen molar-refractivity contribution in [1.29, 1.82) is 0 Å². The fourth-order valence-corrected chi connectivity index (χ4v) is 2.67. The molecular weight excluding hydrogens is 314 g/mol. The molecule has 0 radical (unpaired) electrons. The third-order valence-electron chi connectivity index (χ3n) is 2.50. The fraction of sp³-hybridized carbons (Fsp3) is 0.0714. The molecule has 21 heavy (non-hydrogen) atoms. The minimum Gasteiger partial charge on any atom is -0.377 e. The second kappa shape index (κ2) is 6.15. The normalized spacial score (nSPS) is 11.0. The molecule has 0 aliphatic rings. The number of rotatable bonds is 4. The second-order valence-electron chi connectivity index (χ2n) is 4.17. The first kappa shape index (κ1) is 15.3. The molecule has 0 spiro atoms. The van der Waals surface area contributed by atoms with Crippen LogP contribution in [0, 0.1) is 0 Å². The molecule has 0 fully saturated rings. The highest BCUT2D eigenvalue weighted by Gasteiger charge is 2.18. The van der Waals surface area contributed by atoms with Crippen LogP contribution in [0.3, 0.4) is 0 Å². The quantitative estimate of drug-likeness (QED) is 0.877. The third kappa shape index (κ3) is 3.96. The molecule has 0 atom stereocenters. The lowest BCUT2D eigenvalue weighted by Crippen LogP contribution is -2.13. The summed E-state index contributed by atoms with van der Waals surface area (Å²) in [6, 6.07) is 11.9. The molecule has 0 aliphatic carbocycles. The van der Waals surface area contributed by atoms with Gasteiger partial charge in [0.15, 0.2) is 5.75 Å². The summed E-state index contributed by atoms with van der Waals surface area (Å²) in [7, 11) is -4.00. The van der Waals surface area contributed by atoms with Gasteiger partial charge in [-0.3, -0.25) is 4.79 Å². The maximum Gasteiger partial charge on any atom is 0.339 e. The molecule has 1 amide bonds. The number of benzene rings is 2. The van der Waals surface area contributed by atoms with Gasteiger partial charge < -0.3 is 9.50 Å². The summed E-state index contributed by atoms with van der Waals surface area (Å²) >= 11 is 5.72. The Morgan fingerprint density at radius 2 is 1.71 bits per heavy atom. The fourth-order valence-electron chi connectivity index (χ4n) is 1.60. The van der Waals surface area contributed by atoms with Gasteiger partial charge in [-0.15, -0.1) is 0 Å². The van der Waals surface area contributed by atoms with E-state index >= 15 is 0 Å². The molecule has 2 aromatic carbocycles. The van der Waals surface area contributed by atoms with Gasteiger partial charge in [-0.05, 0) is 36.4 Å². The summed E-state index contributed by atoms with van der Waals surface area (Å²) in [6.07, 6.45) is 0. The smallest absolute Gasteiger partial charge is 0.339 e. The number of nitrogens with one attached hydrogen (secondary N) is 1. The number of para-hydroxylation sites is 2. The Bertz CT molecular complexity index is 757. The number of carbonyl (C=O) groups is 1. The first-order chi connectivity index (χ1) is 9.88. The van der Waals surface area contributed by atoms with Crippen LogP contribution in [0.2, 0.25) is 5.02 Å². The zero-order valence-corrected chi connectivity index (χ0v) is 12.6. The maximum absolute atomic E-state index is 12.2. The molecule has 2 aromatic rings. The van der Waals surface area contributed by atoms with Gasteiger partial charge in [0.1, 0.15) is 4.90 Å². The van der Waals surface area contributed by atoms with Crippen molar-refractivity contribution >= 4 is 33.3 Å². The summed E-state index contributed by atoms with van der Waals surface area (Å²) in [6.45, 7) is 1.32. The zero-order valence-electron chi connectivity index (χ0n) is 11.0. The van der Waals surface area contributed by atoms with E-state index in [1.54, 1.807) is 18.2 Å². The average molecular weight is 326 g/mol. The number of hydrogen-bond donors (Lipinski definition) is 1. The van der Waals surface area contributed by atoms with E-state index in [4.69, 9.17) is 15.8 Å². The van der Waals surface area contributed by atoms with Crippen LogP contribution in [0.5, 0.6) is 5.75 Å². The molecule has 110 valence electrons. The van der Waals surface area contributed by atoms with Crippen molar-refractivity contribution < 1.29 is 17.4 Å². The standard InChI is InChI=1S/C14H12ClNO4S/c1-10(17)16-13-4-2-3-5-14(13)20-21(18,19)12-8-6-11(15)7-9-12/h2-9H,1H3,(H,16,17). The molecule has 0 saturated heterocycles. The third-order valence-corrected chi connectivity index (χ3v) is 4.00.